The molecule has 1 aliphatic rings. The van der Waals surface area contributed by atoms with Gasteiger partial charge in [0, 0.05) is 18.3 Å². The van der Waals surface area contributed by atoms with E-state index >= 15 is 0 Å². The minimum absolute atomic E-state index is 0.392. The second kappa shape index (κ2) is 4.81. The zero-order valence-electron chi connectivity index (χ0n) is 10.4. The van der Waals surface area contributed by atoms with Crippen LogP contribution in [0.3, 0.4) is 0 Å². The van der Waals surface area contributed by atoms with E-state index in [0.29, 0.717) is 5.41 Å². The topological polar surface area (TPSA) is 17.8 Å². The second-order valence-electron chi connectivity index (χ2n) is 5.30. The van der Waals surface area contributed by atoms with Gasteiger partial charge < -0.3 is 0 Å². The van der Waals surface area contributed by atoms with Crippen molar-refractivity contribution >= 4 is 12.6 Å². The summed E-state index contributed by atoms with van der Waals surface area (Å²) in [6.45, 7) is 1.00. The Morgan fingerprint density at radius 3 is 2.56 bits per heavy atom. The fourth-order valence-electron chi connectivity index (χ4n) is 2.62. The van der Waals surface area contributed by atoms with Crippen LogP contribution in [0.1, 0.15) is 19.3 Å². The molecular weight excluding hydrogens is 240 g/mol. The first kappa shape index (κ1) is 11.8. The van der Waals surface area contributed by atoms with Gasteiger partial charge in [-0.3, -0.25) is 4.68 Å². The van der Waals surface area contributed by atoms with Crippen molar-refractivity contribution in [2.75, 3.05) is 5.75 Å². The monoisotopic (exact) mass is 258 g/mol. The summed E-state index contributed by atoms with van der Waals surface area (Å²) < 4.78 is 2.08. The molecule has 94 valence electrons. The Morgan fingerprint density at radius 2 is 1.94 bits per heavy atom. The lowest BCUT2D eigenvalue weighted by atomic mass is 9.70. The van der Waals surface area contributed by atoms with E-state index in [9.17, 15) is 0 Å². The summed E-state index contributed by atoms with van der Waals surface area (Å²) in [4.78, 5) is 0. The zero-order chi connectivity index (χ0) is 12.4. The lowest BCUT2D eigenvalue weighted by molar-refractivity contribution is 0.133. The largest absolute Gasteiger partial charge is 0.272 e. The van der Waals surface area contributed by atoms with Crippen molar-refractivity contribution in [2.24, 2.45) is 5.41 Å². The molecule has 1 saturated carbocycles. The highest BCUT2D eigenvalue weighted by Crippen LogP contribution is 2.43. The number of thiol groups is 1. The number of benzene rings is 1. The van der Waals surface area contributed by atoms with Gasteiger partial charge in [0.1, 0.15) is 0 Å². The van der Waals surface area contributed by atoms with E-state index < -0.39 is 0 Å². The highest BCUT2D eigenvalue weighted by Gasteiger charge is 2.36. The lowest BCUT2D eigenvalue weighted by Crippen LogP contribution is -2.36. The molecule has 1 aromatic carbocycles. The summed E-state index contributed by atoms with van der Waals surface area (Å²) in [5.74, 6) is 0.966. The molecule has 0 radical (unpaired) electrons. The van der Waals surface area contributed by atoms with Crippen molar-refractivity contribution in [1.82, 2.24) is 9.78 Å². The third-order valence-corrected chi connectivity index (χ3v) is 4.66. The van der Waals surface area contributed by atoms with Gasteiger partial charge in [-0.1, -0.05) is 36.8 Å². The lowest BCUT2D eigenvalue weighted by Gasteiger charge is -2.40. The van der Waals surface area contributed by atoms with Gasteiger partial charge in [-0.05, 0) is 29.6 Å². The van der Waals surface area contributed by atoms with Crippen LogP contribution < -0.4 is 0 Å². The molecule has 0 bridgehead atoms. The van der Waals surface area contributed by atoms with E-state index in [2.05, 4.69) is 52.9 Å². The first-order valence-electron chi connectivity index (χ1n) is 6.50. The minimum Gasteiger partial charge on any atom is -0.272 e. The van der Waals surface area contributed by atoms with E-state index in [4.69, 9.17) is 0 Å². The molecule has 3 rings (SSSR count). The Bertz CT molecular complexity index is 509. The third-order valence-electron chi connectivity index (χ3n) is 3.99. The number of nitrogens with zero attached hydrogens (tertiary/aromatic N) is 2. The molecule has 2 aromatic rings. The van der Waals surface area contributed by atoms with Crippen molar-refractivity contribution in [3.63, 3.8) is 0 Å². The standard InChI is InChI=1S/C15H18N2S/c18-12-15(7-4-8-15)11-17-10-14(9-16-17)13-5-2-1-3-6-13/h1-3,5-6,9-10,18H,4,7-8,11-12H2. The Kier molecular flexibility index (Phi) is 3.16. The summed E-state index contributed by atoms with van der Waals surface area (Å²) >= 11 is 4.50. The summed E-state index contributed by atoms with van der Waals surface area (Å²) in [6.07, 6.45) is 8.03. The van der Waals surface area contributed by atoms with E-state index in [1.54, 1.807) is 0 Å². The third kappa shape index (κ3) is 2.19. The molecule has 3 heteroatoms. The number of hydrogen-bond acceptors (Lipinski definition) is 2. The fourth-order valence-corrected chi connectivity index (χ4v) is 3.03. The highest BCUT2D eigenvalue weighted by molar-refractivity contribution is 7.80. The second-order valence-corrected chi connectivity index (χ2v) is 5.62. The number of rotatable bonds is 4. The quantitative estimate of drug-likeness (QED) is 0.829. The van der Waals surface area contributed by atoms with Gasteiger partial charge in [0.2, 0.25) is 0 Å². The molecule has 18 heavy (non-hydrogen) atoms. The molecule has 2 nitrogen and oxygen atoms in total. The molecule has 1 aromatic heterocycles. The van der Waals surface area contributed by atoms with Gasteiger partial charge >= 0.3 is 0 Å². The molecule has 0 amide bonds. The van der Waals surface area contributed by atoms with Gasteiger partial charge in [0.25, 0.3) is 0 Å². The number of hydrogen-bond donors (Lipinski definition) is 1. The first-order valence-corrected chi connectivity index (χ1v) is 7.13. The summed E-state index contributed by atoms with van der Waals surface area (Å²) in [5, 5.41) is 4.49. The normalized spacial score (nSPS) is 17.4. The van der Waals surface area contributed by atoms with Crippen LogP contribution in [0.15, 0.2) is 42.7 Å². The molecule has 0 unspecified atom stereocenters. The summed E-state index contributed by atoms with van der Waals surface area (Å²) in [5.41, 5.74) is 2.82. The highest BCUT2D eigenvalue weighted by atomic mass is 32.1. The molecule has 0 aliphatic heterocycles. The predicted octanol–water partition coefficient (Wildman–Crippen LogP) is 3.65. The predicted molar refractivity (Wildman–Crippen MR) is 77.8 cm³/mol. The number of aromatic nitrogens is 2. The van der Waals surface area contributed by atoms with E-state index in [0.717, 1.165) is 12.3 Å². The molecular formula is C15H18N2S. The molecule has 0 atom stereocenters. The van der Waals surface area contributed by atoms with Gasteiger partial charge in [-0.2, -0.15) is 17.7 Å². The van der Waals surface area contributed by atoms with Gasteiger partial charge in [-0.15, -0.1) is 0 Å². The van der Waals surface area contributed by atoms with Gasteiger partial charge in [-0.25, -0.2) is 0 Å². The molecule has 0 N–H and O–H groups in total. The molecule has 0 saturated heterocycles. The minimum atomic E-state index is 0.392. The average molecular weight is 258 g/mol. The van der Waals surface area contributed by atoms with E-state index in [1.165, 1.54) is 30.4 Å². The van der Waals surface area contributed by atoms with E-state index in [-0.39, 0.29) is 0 Å². The molecule has 1 heterocycles. The summed E-state index contributed by atoms with van der Waals surface area (Å²) in [6, 6.07) is 10.4. The molecule has 1 aliphatic carbocycles. The van der Waals surface area contributed by atoms with Crippen molar-refractivity contribution in [1.29, 1.82) is 0 Å². The van der Waals surface area contributed by atoms with Crippen molar-refractivity contribution in [2.45, 2.75) is 25.8 Å². The van der Waals surface area contributed by atoms with Crippen LogP contribution >= 0.6 is 12.6 Å². The van der Waals surface area contributed by atoms with Crippen LogP contribution in [0.25, 0.3) is 11.1 Å². The Labute approximate surface area is 113 Å². The maximum absolute atomic E-state index is 4.50. The average Bonchev–Trinajstić information content (AvgIpc) is 2.83. The van der Waals surface area contributed by atoms with Crippen LogP contribution in [0.4, 0.5) is 0 Å². The molecule has 0 spiro atoms. The Hall–Kier alpha value is -1.22. The van der Waals surface area contributed by atoms with Crippen molar-refractivity contribution in [3.8, 4) is 11.1 Å². The van der Waals surface area contributed by atoms with Gasteiger partial charge in [0.15, 0.2) is 0 Å². The van der Waals surface area contributed by atoms with E-state index in [1.807, 2.05) is 12.3 Å². The van der Waals surface area contributed by atoms with Crippen LogP contribution in [-0.2, 0) is 6.54 Å². The Balaban J connectivity index is 1.78. The van der Waals surface area contributed by atoms with Crippen LogP contribution in [0.2, 0.25) is 0 Å². The van der Waals surface area contributed by atoms with Gasteiger partial charge in [0.05, 0.1) is 6.20 Å². The van der Waals surface area contributed by atoms with Crippen LogP contribution in [-0.4, -0.2) is 15.5 Å². The van der Waals surface area contributed by atoms with Crippen LogP contribution in [0.5, 0.6) is 0 Å². The SMILES string of the molecule is SCC1(Cn2cc(-c3ccccc3)cn2)CCC1. The maximum Gasteiger partial charge on any atom is 0.0568 e. The zero-order valence-corrected chi connectivity index (χ0v) is 11.3. The Morgan fingerprint density at radius 1 is 1.17 bits per heavy atom. The van der Waals surface area contributed by atoms with Crippen molar-refractivity contribution in [3.05, 3.63) is 42.7 Å². The first-order chi connectivity index (χ1) is 8.81. The van der Waals surface area contributed by atoms with Crippen molar-refractivity contribution < 1.29 is 0 Å². The molecule has 1 fully saturated rings. The maximum atomic E-state index is 4.50. The fraction of sp³-hybridized carbons (Fsp3) is 0.400. The smallest absolute Gasteiger partial charge is 0.0568 e. The van der Waals surface area contributed by atoms with Crippen LogP contribution in [0, 0.1) is 5.41 Å². The summed E-state index contributed by atoms with van der Waals surface area (Å²) in [7, 11) is 0.